The molecule has 5 N–H and O–H groups in total. The second-order valence-electron chi connectivity index (χ2n) is 6.52. The zero-order valence-electron chi connectivity index (χ0n) is 15.8. The minimum atomic E-state index is -0.853. The Balaban J connectivity index is 1.78. The van der Waals surface area contributed by atoms with E-state index in [1.54, 1.807) is 30.3 Å². The van der Waals surface area contributed by atoms with Crippen LogP contribution in [0.25, 0.3) is 0 Å². The summed E-state index contributed by atoms with van der Waals surface area (Å²) in [6.07, 6.45) is 0. The van der Waals surface area contributed by atoms with Gasteiger partial charge in [-0.25, -0.2) is 0 Å². The minimum absolute atomic E-state index is 0.125. The summed E-state index contributed by atoms with van der Waals surface area (Å²) in [6.45, 7) is 0.360. The number of carbonyl (C=O) groups excluding carboxylic acids is 2. The van der Waals surface area contributed by atoms with Crippen molar-refractivity contribution in [3.05, 3.63) is 107 Å². The highest BCUT2D eigenvalue weighted by Gasteiger charge is 2.23. The molecule has 3 rings (SSSR count). The highest BCUT2D eigenvalue weighted by Crippen LogP contribution is 2.15. The first kappa shape index (κ1) is 19.8. The fourth-order valence-electron chi connectivity index (χ4n) is 2.88. The lowest BCUT2D eigenvalue weighted by atomic mass is 10.0. The molecule has 0 unspecified atom stereocenters. The highest BCUT2D eigenvalue weighted by atomic mass is 16.2. The summed E-state index contributed by atoms with van der Waals surface area (Å²) in [5.41, 5.74) is 7.92. The molecule has 146 valence electrons. The Morgan fingerprint density at radius 2 is 1.48 bits per heavy atom. The maximum Gasteiger partial charge on any atom is 0.252 e. The van der Waals surface area contributed by atoms with Gasteiger partial charge in [0.1, 0.15) is 11.9 Å². The van der Waals surface area contributed by atoms with Gasteiger partial charge in [0, 0.05) is 17.7 Å². The number of rotatable bonds is 7. The second kappa shape index (κ2) is 9.32. The van der Waals surface area contributed by atoms with E-state index in [4.69, 9.17) is 11.1 Å². The lowest BCUT2D eigenvalue weighted by Gasteiger charge is -2.19. The molecule has 0 spiro atoms. The number of carbonyl (C=O) groups is 2. The third kappa shape index (κ3) is 5.29. The van der Waals surface area contributed by atoms with Crippen LogP contribution in [0.4, 0.5) is 0 Å². The molecular formula is C23H22N4O2. The quantitative estimate of drug-likeness (QED) is 0.370. The van der Waals surface area contributed by atoms with Gasteiger partial charge in [0.2, 0.25) is 5.91 Å². The van der Waals surface area contributed by atoms with Gasteiger partial charge >= 0.3 is 0 Å². The van der Waals surface area contributed by atoms with Crippen LogP contribution < -0.4 is 16.4 Å². The molecule has 0 saturated carbocycles. The van der Waals surface area contributed by atoms with E-state index < -0.39 is 11.9 Å². The Bertz CT molecular complexity index is 1000. The minimum Gasteiger partial charge on any atom is -0.384 e. The van der Waals surface area contributed by atoms with E-state index in [0.717, 1.165) is 5.56 Å². The van der Waals surface area contributed by atoms with Crippen molar-refractivity contribution in [3.8, 4) is 0 Å². The van der Waals surface area contributed by atoms with Crippen molar-refractivity contribution in [2.45, 2.75) is 12.6 Å². The van der Waals surface area contributed by atoms with Crippen LogP contribution in [0.15, 0.2) is 84.9 Å². The molecule has 2 amide bonds. The standard InChI is InChI=1S/C23H22N4O2/c24-21(25)18-12-7-13-19(14-18)22(28)27-20(17-10-5-2-6-11-17)23(29)26-15-16-8-3-1-4-9-16/h1-14,20H,15H2,(H3,24,25)(H,26,29)(H,27,28)/t20-/m1/s1. The maximum absolute atomic E-state index is 12.9. The third-order valence-electron chi connectivity index (χ3n) is 4.42. The maximum atomic E-state index is 12.9. The van der Waals surface area contributed by atoms with Crippen LogP contribution in [0, 0.1) is 5.41 Å². The van der Waals surface area contributed by atoms with Crippen molar-refractivity contribution in [2.24, 2.45) is 5.73 Å². The van der Waals surface area contributed by atoms with Gasteiger partial charge in [0.05, 0.1) is 0 Å². The predicted octanol–water partition coefficient (Wildman–Crippen LogP) is 2.76. The summed E-state index contributed by atoms with van der Waals surface area (Å²) >= 11 is 0. The van der Waals surface area contributed by atoms with Crippen molar-refractivity contribution >= 4 is 17.6 Å². The zero-order chi connectivity index (χ0) is 20.6. The lowest BCUT2D eigenvalue weighted by Crippen LogP contribution is -2.40. The van der Waals surface area contributed by atoms with Gasteiger partial charge in [-0.05, 0) is 23.3 Å². The van der Waals surface area contributed by atoms with E-state index in [2.05, 4.69) is 10.6 Å². The van der Waals surface area contributed by atoms with E-state index in [-0.39, 0.29) is 11.7 Å². The fourth-order valence-corrected chi connectivity index (χ4v) is 2.88. The van der Waals surface area contributed by atoms with E-state index in [1.807, 2.05) is 48.5 Å². The van der Waals surface area contributed by atoms with Crippen LogP contribution >= 0.6 is 0 Å². The molecule has 0 fully saturated rings. The van der Waals surface area contributed by atoms with Gasteiger partial charge in [-0.3, -0.25) is 15.0 Å². The van der Waals surface area contributed by atoms with Crippen molar-refractivity contribution in [3.63, 3.8) is 0 Å². The zero-order valence-corrected chi connectivity index (χ0v) is 15.8. The Morgan fingerprint density at radius 1 is 0.862 bits per heavy atom. The molecule has 1 atom stereocenters. The number of hydrogen-bond donors (Lipinski definition) is 4. The molecule has 29 heavy (non-hydrogen) atoms. The fraction of sp³-hybridized carbons (Fsp3) is 0.0870. The van der Waals surface area contributed by atoms with Crippen LogP contribution in [0.2, 0.25) is 0 Å². The predicted molar refractivity (Wildman–Crippen MR) is 112 cm³/mol. The summed E-state index contributed by atoms with van der Waals surface area (Å²) in [5, 5.41) is 13.2. The smallest absolute Gasteiger partial charge is 0.252 e. The SMILES string of the molecule is N=C(N)c1cccc(C(=O)N[C@@H](C(=O)NCc2ccccc2)c2ccccc2)c1. The molecule has 0 radical (unpaired) electrons. The summed E-state index contributed by atoms with van der Waals surface area (Å²) in [7, 11) is 0. The molecule has 0 heterocycles. The Morgan fingerprint density at radius 3 is 2.14 bits per heavy atom. The first-order chi connectivity index (χ1) is 14.0. The van der Waals surface area contributed by atoms with Crippen LogP contribution in [0.5, 0.6) is 0 Å². The summed E-state index contributed by atoms with van der Waals surface area (Å²) in [6, 6.07) is 24.2. The van der Waals surface area contributed by atoms with Gasteiger partial charge < -0.3 is 16.4 Å². The van der Waals surface area contributed by atoms with Crippen molar-refractivity contribution in [1.82, 2.24) is 10.6 Å². The van der Waals surface area contributed by atoms with Crippen molar-refractivity contribution in [2.75, 3.05) is 0 Å². The van der Waals surface area contributed by atoms with Gasteiger partial charge in [-0.15, -0.1) is 0 Å². The Labute approximate surface area is 169 Å². The highest BCUT2D eigenvalue weighted by molar-refractivity contribution is 6.01. The number of amides is 2. The molecule has 3 aromatic rings. The lowest BCUT2D eigenvalue weighted by molar-refractivity contribution is -0.123. The largest absolute Gasteiger partial charge is 0.384 e. The molecule has 6 nitrogen and oxygen atoms in total. The van der Waals surface area contributed by atoms with Crippen molar-refractivity contribution in [1.29, 1.82) is 5.41 Å². The summed E-state index contributed by atoms with van der Waals surface area (Å²) in [5.74, 6) is -0.854. The number of amidine groups is 1. The van der Waals surface area contributed by atoms with E-state index in [0.29, 0.717) is 23.2 Å². The van der Waals surface area contributed by atoms with E-state index >= 15 is 0 Å². The van der Waals surface area contributed by atoms with Crippen LogP contribution in [-0.2, 0) is 11.3 Å². The number of benzene rings is 3. The number of nitrogens with two attached hydrogens (primary N) is 1. The van der Waals surface area contributed by atoms with Gasteiger partial charge in [0.25, 0.3) is 5.91 Å². The van der Waals surface area contributed by atoms with E-state index in [9.17, 15) is 9.59 Å². The summed E-state index contributed by atoms with van der Waals surface area (Å²) in [4.78, 5) is 25.7. The average molecular weight is 386 g/mol. The molecule has 0 aliphatic carbocycles. The number of nitrogens with one attached hydrogen (secondary N) is 3. The molecule has 3 aromatic carbocycles. The van der Waals surface area contributed by atoms with Crippen molar-refractivity contribution < 1.29 is 9.59 Å². The topological polar surface area (TPSA) is 108 Å². The molecule has 6 heteroatoms. The number of hydrogen-bond acceptors (Lipinski definition) is 3. The van der Waals surface area contributed by atoms with Crippen LogP contribution in [0.3, 0.4) is 0 Å². The average Bonchev–Trinajstić information content (AvgIpc) is 2.77. The molecule has 0 bridgehead atoms. The number of nitrogen functional groups attached to an aromatic ring is 1. The Kier molecular flexibility index (Phi) is 6.37. The first-order valence-corrected chi connectivity index (χ1v) is 9.16. The molecule has 0 aliphatic heterocycles. The van der Waals surface area contributed by atoms with E-state index in [1.165, 1.54) is 6.07 Å². The monoisotopic (exact) mass is 386 g/mol. The van der Waals surface area contributed by atoms with Gasteiger partial charge in [-0.2, -0.15) is 0 Å². The Hall–Kier alpha value is -3.93. The van der Waals surface area contributed by atoms with Gasteiger partial charge in [-0.1, -0.05) is 72.8 Å². The molecular weight excluding hydrogens is 364 g/mol. The third-order valence-corrected chi connectivity index (χ3v) is 4.42. The second-order valence-corrected chi connectivity index (χ2v) is 6.52. The summed E-state index contributed by atoms with van der Waals surface area (Å²) < 4.78 is 0. The normalized spacial score (nSPS) is 11.3. The molecule has 0 aromatic heterocycles. The first-order valence-electron chi connectivity index (χ1n) is 9.16. The molecule has 0 saturated heterocycles. The van der Waals surface area contributed by atoms with Gasteiger partial charge in [0.15, 0.2) is 0 Å². The van der Waals surface area contributed by atoms with Crippen LogP contribution in [0.1, 0.15) is 33.1 Å². The molecule has 0 aliphatic rings. The van der Waals surface area contributed by atoms with Crippen LogP contribution in [-0.4, -0.2) is 17.6 Å².